The standard InChI is InChI=1S/C18H21NO2/c20-17-6-3-9-19(16-5-2-1-4-14(16)17)18(21)15-11-12-7-8-13(15)10-12/h1-2,4-5,12-13,15H,3,6-11H2. The molecular formula is C18H21NO2. The zero-order chi connectivity index (χ0) is 14.4. The van der Waals surface area contributed by atoms with E-state index in [1.807, 2.05) is 29.2 Å². The Labute approximate surface area is 125 Å². The fourth-order valence-electron chi connectivity index (χ4n) is 4.57. The third-order valence-corrected chi connectivity index (χ3v) is 5.60. The topological polar surface area (TPSA) is 37.4 Å². The van der Waals surface area contributed by atoms with E-state index in [2.05, 4.69) is 0 Å². The summed E-state index contributed by atoms with van der Waals surface area (Å²) in [5, 5.41) is 0. The van der Waals surface area contributed by atoms with Crippen LogP contribution in [0.5, 0.6) is 0 Å². The molecule has 3 unspecified atom stereocenters. The predicted molar refractivity (Wildman–Crippen MR) is 81.3 cm³/mol. The molecule has 3 atom stereocenters. The molecule has 3 aliphatic rings. The minimum Gasteiger partial charge on any atom is -0.311 e. The van der Waals surface area contributed by atoms with Crippen molar-refractivity contribution in [2.45, 2.75) is 38.5 Å². The Balaban J connectivity index is 1.66. The lowest BCUT2D eigenvalue weighted by Crippen LogP contribution is -2.39. The number of amides is 1. The van der Waals surface area contributed by atoms with Crippen LogP contribution in [0.2, 0.25) is 0 Å². The number of rotatable bonds is 1. The van der Waals surface area contributed by atoms with Crippen LogP contribution < -0.4 is 4.90 Å². The van der Waals surface area contributed by atoms with Crippen LogP contribution in [-0.2, 0) is 4.79 Å². The maximum atomic E-state index is 13.0. The van der Waals surface area contributed by atoms with E-state index in [0.29, 0.717) is 18.9 Å². The van der Waals surface area contributed by atoms with Gasteiger partial charge in [0.1, 0.15) is 0 Å². The molecule has 2 aliphatic carbocycles. The second-order valence-corrected chi connectivity index (χ2v) is 6.82. The fraction of sp³-hybridized carbons (Fsp3) is 0.556. The van der Waals surface area contributed by atoms with Crippen LogP contribution in [-0.4, -0.2) is 18.2 Å². The maximum Gasteiger partial charge on any atom is 0.230 e. The van der Waals surface area contributed by atoms with Crippen LogP contribution in [0.15, 0.2) is 24.3 Å². The van der Waals surface area contributed by atoms with Gasteiger partial charge in [0.25, 0.3) is 0 Å². The molecule has 0 spiro atoms. The molecule has 2 fully saturated rings. The van der Waals surface area contributed by atoms with E-state index in [0.717, 1.165) is 30.0 Å². The van der Waals surface area contributed by atoms with Gasteiger partial charge in [0.15, 0.2) is 5.78 Å². The van der Waals surface area contributed by atoms with Gasteiger partial charge in [0.2, 0.25) is 5.91 Å². The fourth-order valence-corrected chi connectivity index (χ4v) is 4.57. The first-order chi connectivity index (χ1) is 10.2. The second-order valence-electron chi connectivity index (χ2n) is 6.82. The van der Waals surface area contributed by atoms with Crippen LogP contribution in [0.25, 0.3) is 0 Å². The molecule has 3 nitrogen and oxygen atoms in total. The summed E-state index contributed by atoms with van der Waals surface area (Å²) >= 11 is 0. The zero-order valence-corrected chi connectivity index (χ0v) is 12.3. The van der Waals surface area contributed by atoms with Crippen molar-refractivity contribution in [1.29, 1.82) is 0 Å². The van der Waals surface area contributed by atoms with Crippen molar-refractivity contribution < 1.29 is 9.59 Å². The van der Waals surface area contributed by atoms with Gasteiger partial charge in [-0.15, -0.1) is 0 Å². The van der Waals surface area contributed by atoms with Crippen LogP contribution >= 0.6 is 0 Å². The Morgan fingerprint density at radius 1 is 1.14 bits per heavy atom. The number of carbonyl (C=O) groups is 2. The van der Waals surface area contributed by atoms with E-state index in [-0.39, 0.29) is 17.6 Å². The van der Waals surface area contributed by atoms with Crippen molar-refractivity contribution in [3.63, 3.8) is 0 Å². The summed E-state index contributed by atoms with van der Waals surface area (Å²) in [5.74, 6) is 2.00. The number of hydrogen-bond acceptors (Lipinski definition) is 2. The number of benzene rings is 1. The summed E-state index contributed by atoms with van der Waals surface area (Å²) < 4.78 is 0. The van der Waals surface area contributed by atoms with Gasteiger partial charge in [-0.1, -0.05) is 18.6 Å². The van der Waals surface area contributed by atoms with Gasteiger partial charge in [-0.05, 0) is 49.7 Å². The third-order valence-electron chi connectivity index (χ3n) is 5.60. The summed E-state index contributed by atoms with van der Waals surface area (Å²) in [6.45, 7) is 0.690. The molecule has 0 N–H and O–H groups in total. The number of fused-ring (bicyclic) bond motifs is 3. The maximum absolute atomic E-state index is 13.0. The van der Waals surface area contributed by atoms with E-state index in [1.165, 1.54) is 19.3 Å². The highest BCUT2D eigenvalue weighted by molar-refractivity contribution is 6.07. The molecule has 2 saturated carbocycles. The van der Waals surface area contributed by atoms with Gasteiger partial charge in [-0.2, -0.15) is 0 Å². The molecule has 110 valence electrons. The summed E-state index contributed by atoms with van der Waals surface area (Å²) in [7, 11) is 0. The van der Waals surface area contributed by atoms with Crippen LogP contribution in [0.1, 0.15) is 48.9 Å². The first kappa shape index (κ1) is 13.1. The Morgan fingerprint density at radius 2 is 2.00 bits per heavy atom. The average Bonchev–Trinajstić information content (AvgIpc) is 3.09. The SMILES string of the molecule is O=C1CCCN(C(=O)C2CC3CCC2C3)c2ccccc21. The zero-order valence-electron chi connectivity index (χ0n) is 12.3. The molecule has 0 radical (unpaired) electrons. The lowest BCUT2D eigenvalue weighted by atomic mass is 9.87. The molecule has 1 heterocycles. The predicted octanol–water partition coefficient (Wildman–Crippen LogP) is 3.43. The Hall–Kier alpha value is -1.64. The van der Waals surface area contributed by atoms with E-state index in [9.17, 15) is 9.59 Å². The van der Waals surface area contributed by atoms with Gasteiger partial charge < -0.3 is 4.90 Å². The van der Waals surface area contributed by atoms with E-state index < -0.39 is 0 Å². The minimum atomic E-state index is 0.175. The lowest BCUT2D eigenvalue weighted by molar-refractivity contribution is -0.123. The van der Waals surface area contributed by atoms with Crippen LogP contribution in [0.3, 0.4) is 0 Å². The Kier molecular flexibility index (Phi) is 3.09. The molecule has 3 heteroatoms. The van der Waals surface area contributed by atoms with Gasteiger partial charge in [-0.25, -0.2) is 0 Å². The number of ketones is 1. The van der Waals surface area contributed by atoms with Crippen LogP contribution in [0.4, 0.5) is 5.69 Å². The van der Waals surface area contributed by atoms with Gasteiger partial charge in [0.05, 0.1) is 5.69 Å². The second kappa shape index (κ2) is 4.97. The van der Waals surface area contributed by atoms with Crippen molar-refractivity contribution in [3.8, 4) is 0 Å². The lowest BCUT2D eigenvalue weighted by Gasteiger charge is -2.29. The number of hydrogen-bond donors (Lipinski definition) is 0. The Bertz CT molecular complexity index is 595. The number of carbonyl (C=O) groups excluding carboxylic acids is 2. The third kappa shape index (κ3) is 2.10. The molecule has 0 aromatic heterocycles. The minimum absolute atomic E-state index is 0.175. The van der Waals surface area contributed by atoms with Crippen molar-refractivity contribution in [2.75, 3.05) is 11.4 Å². The molecule has 0 saturated heterocycles. The van der Waals surface area contributed by atoms with Gasteiger partial charge in [-0.3, -0.25) is 9.59 Å². The first-order valence-electron chi connectivity index (χ1n) is 8.17. The molecule has 21 heavy (non-hydrogen) atoms. The molecule has 1 aromatic carbocycles. The quantitative estimate of drug-likeness (QED) is 0.792. The number of anilines is 1. The number of para-hydroxylation sites is 1. The van der Waals surface area contributed by atoms with Crippen molar-refractivity contribution >= 4 is 17.4 Å². The normalized spacial score (nSPS) is 31.1. The first-order valence-corrected chi connectivity index (χ1v) is 8.17. The Morgan fingerprint density at radius 3 is 2.76 bits per heavy atom. The van der Waals surface area contributed by atoms with Crippen LogP contribution in [0, 0.1) is 17.8 Å². The molecule has 1 aliphatic heterocycles. The van der Waals surface area contributed by atoms with Gasteiger partial charge >= 0.3 is 0 Å². The largest absolute Gasteiger partial charge is 0.311 e. The van der Waals surface area contributed by atoms with Crippen molar-refractivity contribution in [1.82, 2.24) is 0 Å². The molecule has 2 bridgehead atoms. The van der Waals surface area contributed by atoms with Gasteiger partial charge in [0, 0.05) is 24.4 Å². The van der Waals surface area contributed by atoms with Crippen molar-refractivity contribution in [3.05, 3.63) is 29.8 Å². The molecule has 1 aromatic rings. The molecule has 4 rings (SSSR count). The van der Waals surface area contributed by atoms with E-state index in [1.54, 1.807) is 0 Å². The monoisotopic (exact) mass is 283 g/mol. The number of nitrogens with zero attached hydrogens (tertiary/aromatic N) is 1. The summed E-state index contributed by atoms with van der Waals surface area (Å²) in [6.07, 6.45) is 6.16. The molecular weight excluding hydrogens is 262 g/mol. The highest BCUT2D eigenvalue weighted by Gasteiger charge is 2.45. The summed E-state index contributed by atoms with van der Waals surface area (Å²) in [4.78, 5) is 27.1. The summed E-state index contributed by atoms with van der Waals surface area (Å²) in [5.41, 5.74) is 1.57. The van der Waals surface area contributed by atoms with Crippen molar-refractivity contribution in [2.24, 2.45) is 17.8 Å². The smallest absolute Gasteiger partial charge is 0.230 e. The summed E-state index contributed by atoms with van der Waals surface area (Å²) in [6, 6.07) is 7.62. The van der Waals surface area contributed by atoms with E-state index in [4.69, 9.17) is 0 Å². The van der Waals surface area contributed by atoms with E-state index >= 15 is 0 Å². The highest BCUT2D eigenvalue weighted by atomic mass is 16.2. The molecule has 1 amide bonds. The number of Topliss-reactive ketones (excluding diaryl/α,β-unsaturated/α-hetero) is 1. The highest BCUT2D eigenvalue weighted by Crippen LogP contribution is 2.49. The average molecular weight is 283 g/mol.